The van der Waals surface area contributed by atoms with Crippen LogP contribution in [0.5, 0.6) is 0 Å². The Kier molecular flexibility index (Phi) is 4.74. The topological polar surface area (TPSA) is 69.6 Å². The molecule has 1 unspecified atom stereocenters. The third kappa shape index (κ3) is 3.52. The Morgan fingerprint density at radius 1 is 1.39 bits per heavy atom. The molecule has 0 spiro atoms. The predicted molar refractivity (Wildman–Crippen MR) is 71.6 cm³/mol. The zero-order chi connectivity index (χ0) is 13.0. The van der Waals surface area contributed by atoms with Crippen LogP contribution in [0.15, 0.2) is 16.8 Å². The maximum absolute atomic E-state index is 12.0. The second-order valence-electron chi connectivity index (χ2n) is 4.39. The van der Waals surface area contributed by atoms with Crippen LogP contribution in [0.4, 0.5) is 0 Å². The molecule has 102 valence electrons. The Balaban J connectivity index is 1.88. The molecular weight excluding hydrogens is 272 g/mol. The first-order valence-electron chi connectivity index (χ1n) is 6.04. The third-order valence-electron chi connectivity index (χ3n) is 3.04. The molecule has 0 aromatic carbocycles. The van der Waals surface area contributed by atoms with E-state index in [2.05, 4.69) is 4.72 Å². The van der Waals surface area contributed by atoms with E-state index in [9.17, 15) is 13.5 Å². The van der Waals surface area contributed by atoms with Gasteiger partial charge in [-0.2, -0.15) is 28.8 Å². The maximum Gasteiger partial charge on any atom is 0.279 e. The summed E-state index contributed by atoms with van der Waals surface area (Å²) >= 11 is 1.48. The number of hydrogen-bond donors (Lipinski definition) is 2. The SMILES string of the molecule is O=S(=O)(NCC(O)c1ccsc1)N1CCCCC1. The monoisotopic (exact) mass is 290 g/mol. The number of thiophene rings is 1. The summed E-state index contributed by atoms with van der Waals surface area (Å²) in [5.74, 6) is 0. The van der Waals surface area contributed by atoms with E-state index in [1.54, 1.807) is 6.07 Å². The molecule has 18 heavy (non-hydrogen) atoms. The summed E-state index contributed by atoms with van der Waals surface area (Å²) in [4.78, 5) is 0. The van der Waals surface area contributed by atoms with E-state index in [1.165, 1.54) is 15.6 Å². The number of nitrogens with zero attached hydrogens (tertiary/aromatic N) is 1. The Morgan fingerprint density at radius 3 is 2.72 bits per heavy atom. The van der Waals surface area contributed by atoms with Crippen molar-refractivity contribution < 1.29 is 13.5 Å². The molecule has 1 atom stereocenters. The average molecular weight is 290 g/mol. The van der Waals surface area contributed by atoms with Gasteiger partial charge in [0.25, 0.3) is 10.2 Å². The first-order chi connectivity index (χ1) is 8.59. The molecule has 2 heterocycles. The lowest BCUT2D eigenvalue weighted by Gasteiger charge is -2.26. The Morgan fingerprint density at radius 2 is 2.11 bits per heavy atom. The lowest BCUT2D eigenvalue weighted by atomic mass is 10.2. The van der Waals surface area contributed by atoms with Crippen LogP contribution in [-0.4, -0.2) is 37.5 Å². The van der Waals surface area contributed by atoms with Gasteiger partial charge in [-0.05, 0) is 35.2 Å². The van der Waals surface area contributed by atoms with E-state index in [4.69, 9.17) is 0 Å². The fourth-order valence-corrected chi connectivity index (χ4v) is 3.96. The van der Waals surface area contributed by atoms with Crippen molar-refractivity contribution in [1.29, 1.82) is 0 Å². The maximum atomic E-state index is 12.0. The van der Waals surface area contributed by atoms with Crippen LogP contribution in [0.3, 0.4) is 0 Å². The summed E-state index contributed by atoms with van der Waals surface area (Å²) in [6.45, 7) is 1.17. The Labute approximate surface area is 112 Å². The Hall–Kier alpha value is -0.470. The number of aliphatic hydroxyl groups is 1. The van der Waals surface area contributed by atoms with Crippen molar-refractivity contribution in [3.8, 4) is 0 Å². The van der Waals surface area contributed by atoms with Crippen LogP contribution in [0, 0.1) is 0 Å². The molecule has 0 amide bonds. The largest absolute Gasteiger partial charge is 0.387 e. The van der Waals surface area contributed by atoms with Gasteiger partial charge in [-0.15, -0.1) is 0 Å². The summed E-state index contributed by atoms with van der Waals surface area (Å²) in [7, 11) is -3.44. The van der Waals surface area contributed by atoms with E-state index in [0.29, 0.717) is 13.1 Å². The van der Waals surface area contributed by atoms with Gasteiger partial charge in [0.1, 0.15) is 0 Å². The molecule has 1 aliphatic heterocycles. The first kappa shape index (κ1) is 14.0. The normalized spacial score (nSPS) is 19.8. The molecular formula is C11H18N2O3S2. The molecule has 1 aliphatic rings. The average Bonchev–Trinajstić information content (AvgIpc) is 2.91. The molecule has 1 saturated heterocycles. The number of nitrogens with one attached hydrogen (secondary N) is 1. The van der Waals surface area contributed by atoms with Crippen LogP contribution in [-0.2, 0) is 10.2 Å². The zero-order valence-corrected chi connectivity index (χ0v) is 11.7. The van der Waals surface area contributed by atoms with Crippen molar-refractivity contribution in [2.75, 3.05) is 19.6 Å². The third-order valence-corrected chi connectivity index (χ3v) is 5.32. The van der Waals surface area contributed by atoms with Gasteiger partial charge < -0.3 is 5.11 Å². The molecule has 5 nitrogen and oxygen atoms in total. The fraction of sp³-hybridized carbons (Fsp3) is 0.636. The van der Waals surface area contributed by atoms with E-state index < -0.39 is 16.3 Å². The van der Waals surface area contributed by atoms with Crippen LogP contribution in [0.1, 0.15) is 30.9 Å². The molecule has 0 radical (unpaired) electrons. The van der Waals surface area contributed by atoms with Crippen molar-refractivity contribution >= 4 is 21.5 Å². The van der Waals surface area contributed by atoms with Crippen molar-refractivity contribution in [3.05, 3.63) is 22.4 Å². The van der Waals surface area contributed by atoms with Gasteiger partial charge in [0.2, 0.25) is 0 Å². The molecule has 2 N–H and O–H groups in total. The Bertz CT molecular complexity index is 453. The number of hydrogen-bond acceptors (Lipinski definition) is 4. The van der Waals surface area contributed by atoms with Crippen LogP contribution in [0.25, 0.3) is 0 Å². The minimum atomic E-state index is -3.44. The highest BCUT2D eigenvalue weighted by molar-refractivity contribution is 7.87. The van der Waals surface area contributed by atoms with Crippen LogP contribution < -0.4 is 4.72 Å². The van der Waals surface area contributed by atoms with Gasteiger partial charge in [0.15, 0.2) is 0 Å². The lowest BCUT2D eigenvalue weighted by molar-refractivity contribution is 0.181. The predicted octanol–water partition coefficient (Wildman–Crippen LogP) is 1.10. The van der Waals surface area contributed by atoms with Crippen LogP contribution in [0.2, 0.25) is 0 Å². The molecule has 7 heteroatoms. The van der Waals surface area contributed by atoms with Gasteiger partial charge in [-0.1, -0.05) is 6.42 Å². The molecule has 1 fully saturated rings. The number of piperidine rings is 1. The van der Waals surface area contributed by atoms with Gasteiger partial charge >= 0.3 is 0 Å². The molecule has 1 aromatic rings. The summed E-state index contributed by atoms with van der Waals surface area (Å²) in [5, 5.41) is 13.5. The van der Waals surface area contributed by atoms with Crippen molar-refractivity contribution in [1.82, 2.24) is 9.03 Å². The van der Waals surface area contributed by atoms with Gasteiger partial charge in [-0.25, -0.2) is 0 Å². The standard InChI is InChI=1S/C11H18N2O3S2/c14-11(10-4-7-17-9-10)8-12-18(15,16)13-5-2-1-3-6-13/h4,7,9,11-12,14H,1-3,5-6,8H2. The molecule has 1 aromatic heterocycles. The minimum Gasteiger partial charge on any atom is -0.387 e. The zero-order valence-electron chi connectivity index (χ0n) is 10.1. The van der Waals surface area contributed by atoms with E-state index >= 15 is 0 Å². The van der Waals surface area contributed by atoms with Gasteiger partial charge in [-0.3, -0.25) is 0 Å². The minimum absolute atomic E-state index is 0.0234. The molecule has 2 rings (SSSR count). The first-order valence-corrected chi connectivity index (χ1v) is 8.43. The highest BCUT2D eigenvalue weighted by Crippen LogP contribution is 2.16. The molecule has 0 saturated carbocycles. The summed E-state index contributed by atoms with van der Waals surface area (Å²) in [5.41, 5.74) is 0.751. The smallest absolute Gasteiger partial charge is 0.279 e. The van der Waals surface area contributed by atoms with Gasteiger partial charge in [0, 0.05) is 19.6 Å². The summed E-state index contributed by atoms with van der Waals surface area (Å²) < 4.78 is 27.9. The molecule has 0 bridgehead atoms. The molecule has 0 aliphatic carbocycles. The van der Waals surface area contributed by atoms with E-state index in [0.717, 1.165) is 24.8 Å². The second kappa shape index (κ2) is 6.12. The quantitative estimate of drug-likeness (QED) is 0.853. The van der Waals surface area contributed by atoms with Gasteiger partial charge in [0.05, 0.1) is 6.10 Å². The van der Waals surface area contributed by atoms with Crippen molar-refractivity contribution in [2.24, 2.45) is 0 Å². The van der Waals surface area contributed by atoms with Crippen molar-refractivity contribution in [3.63, 3.8) is 0 Å². The van der Waals surface area contributed by atoms with Crippen molar-refractivity contribution in [2.45, 2.75) is 25.4 Å². The summed E-state index contributed by atoms with van der Waals surface area (Å²) in [6, 6.07) is 1.80. The second-order valence-corrected chi connectivity index (χ2v) is 6.92. The summed E-state index contributed by atoms with van der Waals surface area (Å²) in [6.07, 6.45) is 2.13. The number of rotatable bonds is 5. The van der Waals surface area contributed by atoms with E-state index in [-0.39, 0.29) is 6.54 Å². The lowest BCUT2D eigenvalue weighted by Crippen LogP contribution is -2.44. The van der Waals surface area contributed by atoms with Crippen LogP contribution >= 0.6 is 11.3 Å². The fourth-order valence-electron chi connectivity index (χ4n) is 1.96. The van der Waals surface area contributed by atoms with E-state index in [1.807, 2.05) is 10.8 Å². The number of aliphatic hydroxyl groups excluding tert-OH is 1. The highest BCUT2D eigenvalue weighted by atomic mass is 32.2. The highest BCUT2D eigenvalue weighted by Gasteiger charge is 2.24.